The van der Waals surface area contributed by atoms with Crippen LogP contribution in [0, 0.1) is 18.6 Å². The van der Waals surface area contributed by atoms with Gasteiger partial charge in [0.15, 0.2) is 0 Å². The minimum Gasteiger partial charge on any atom is -0.381 e. The van der Waals surface area contributed by atoms with Gasteiger partial charge in [-0.25, -0.2) is 8.78 Å². The van der Waals surface area contributed by atoms with E-state index in [0.29, 0.717) is 16.3 Å². The minimum atomic E-state index is -0.371. The second kappa shape index (κ2) is 5.36. The third kappa shape index (κ3) is 2.79. The molecule has 0 aliphatic carbocycles. The number of hydrogen-bond donors (Lipinski definition) is 1. The van der Waals surface area contributed by atoms with E-state index in [0.717, 1.165) is 5.56 Å². The molecule has 2 rings (SSSR count). The van der Waals surface area contributed by atoms with E-state index in [1.54, 1.807) is 18.2 Å². The third-order valence-corrected chi connectivity index (χ3v) is 3.07. The minimum absolute atomic E-state index is 0.218. The molecule has 0 atom stereocenters. The Hall–Kier alpha value is -1.61. The van der Waals surface area contributed by atoms with Gasteiger partial charge < -0.3 is 5.32 Å². The van der Waals surface area contributed by atoms with Crippen LogP contribution in [0.4, 0.5) is 14.5 Å². The number of anilines is 1. The van der Waals surface area contributed by atoms with Crippen LogP contribution >= 0.6 is 11.6 Å². The van der Waals surface area contributed by atoms with Gasteiger partial charge in [-0.2, -0.15) is 0 Å². The van der Waals surface area contributed by atoms with Crippen molar-refractivity contribution >= 4 is 17.3 Å². The highest BCUT2D eigenvalue weighted by Crippen LogP contribution is 2.22. The van der Waals surface area contributed by atoms with Crippen LogP contribution in [0.1, 0.15) is 11.1 Å². The van der Waals surface area contributed by atoms with Crippen molar-refractivity contribution in [3.63, 3.8) is 0 Å². The lowest BCUT2D eigenvalue weighted by molar-refractivity contribution is 0.613. The van der Waals surface area contributed by atoms with Crippen LogP contribution in [-0.2, 0) is 6.54 Å². The van der Waals surface area contributed by atoms with Crippen molar-refractivity contribution in [2.24, 2.45) is 0 Å². The van der Waals surface area contributed by atoms with Gasteiger partial charge in [-0.3, -0.25) is 0 Å². The standard InChI is InChI=1S/C14H12ClF2N/c1-9-5-6-10(16)7-14(9)18-8-11-12(15)3-2-4-13(11)17/h2-7,18H,8H2,1H3. The molecule has 1 N–H and O–H groups in total. The molecule has 94 valence electrons. The molecule has 0 fully saturated rings. The Morgan fingerprint density at radius 3 is 2.67 bits per heavy atom. The Labute approximate surface area is 109 Å². The van der Waals surface area contributed by atoms with E-state index in [9.17, 15) is 8.78 Å². The second-order valence-corrected chi connectivity index (χ2v) is 4.42. The zero-order valence-electron chi connectivity index (χ0n) is 9.81. The predicted molar refractivity (Wildman–Crippen MR) is 69.9 cm³/mol. The number of nitrogens with one attached hydrogen (secondary N) is 1. The number of hydrogen-bond acceptors (Lipinski definition) is 1. The molecule has 18 heavy (non-hydrogen) atoms. The summed E-state index contributed by atoms with van der Waals surface area (Å²) in [6.45, 7) is 2.07. The maximum atomic E-state index is 13.5. The van der Waals surface area contributed by atoms with Crippen LogP contribution in [0.15, 0.2) is 36.4 Å². The Balaban J connectivity index is 2.19. The van der Waals surface area contributed by atoms with Crippen molar-refractivity contribution in [1.82, 2.24) is 0 Å². The molecule has 0 amide bonds. The van der Waals surface area contributed by atoms with Gasteiger partial charge in [0, 0.05) is 22.8 Å². The Kier molecular flexibility index (Phi) is 3.82. The monoisotopic (exact) mass is 267 g/mol. The van der Waals surface area contributed by atoms with Gasteiger partial charge in [0.2, 0.25) is 0 Å². The molecule has 0 aliphatic heterocycles. The van der Waals surface area contributed by atoms with E-state index in [1.807, 2.05) is 6.92 Å². The highest BCUT2D eigenvalue weighted by atomic mass is 35.5. The molecule has 2 aromatic rings. The summed E-state index contributed by atoms with van der Waals surface area (Å²) in [4.78, 5) is 0. The third-order valence-electron chi connectivity index (χ3n) is 2.72. The van der Waals surface area contributed by atoms with Crippen LogP contribution in [-0.4, -0.2) is 0 Å². The summed E-state index contributed by atoms with van der Waals surface area (Å²) in [7, 11) is 0. The van der Waals surface area contributed by atoms with E-state index < -0.39 is 0 Å². The SMILES string of the molecule is Cc1ccc(F)cc1NCc1c(F)cccc1Cl. The van der Waals surface area contributed by atoms with E-state index in [-0.39, 0.29) is 18.2 Å². The highest BCUT2D eigenvalue weighted by molar-refractivity contribution is 6.31. The predicted octanol–water partition coefficient (Wildman–Crippen LogP) is 4.54. The smallest absolute Gasteiger partial charge is 0.129 e. The van der Waals surface area contributed by atoms with E-state index in [1.165, 1.54) is 18.2 Å². The van der Waals surface area contributed by atoms with Gasteiger partial charge in [-0.1, -0.05) is 23.7 Å². The molecule has 0 bridgehead atoms. The van der Waals surface area contributed by atoms with Gasteiger partial charge in [0.1, 0.15) is 11.6 Å². The molecule has 0 saturated carbocycles. The Bertz CT molecular complexity index is 549. The van der Waals surface area contributed by atoms with Crippen LogP contribution in [0.25, 0.3) is 0 Å². The maximum Gasteiger partial charge on any atom is 0.129 e. The van der Waals surface area contributed by atoms with Crippen LogP contribution in [0.2, 0.25) is 5.02 Å². The van der Waals surface area contributed by atoms with E-state index in [4.69, 9.17) is 11.6 Å². The van der Waals surface area contributed by atoms with Gasteiger partial charge in [0.25, 0.3) is 0 Å². The first-order valence-electron chi connectivity index (χ1n) is 5.51. The summed E-state index contributed by atoms with van der Waals surface area (Å²) in [6, 6.07) is 8.96. The average Bonchev–Trinajstić information content (AvgIpc) is 2.33. The van der Waals surface area contributed by atoms with Crippen molar-refractivity contribution in [3.05, 3.63) is 64.2 Å². The lowest BCUT2D eigenvalue weighted by Crippen LogP contribution is -2.04. The molecule has 1 nitrogen and oxygen atoms in total. The van der Waals surface area contributed by atoms with Crippen LogP contribution in [0.5, 0.6) is 0 Å². The van der Waals surface area contributed by atoms with Gasteiger partial charge in [-0.15, -0.1) is 0 Å². The molecule has 0 aliphatic rings. The summed E-state index contributed by atoms with van der Waals surface area (Å²) in [5.74, 6) is -0.702. The van der Waals surface area contributed by atoms with Crippen molar-refractivity contribution < 1.29 is 8.78 Å². The zero-order chi connectivity index (χ0) is 13.1. The number of rotatable bonds is 3. The molecule has 4 heteroatoms. The number of benzene rings is 2. The van der Waals surface area contributed by atoms with Crippen molar-refractivity contribution in [1.29, 1.82) is 0 Å². The van der Waals surface area contributed by atoms with Gasteiger partial charge in [-0.05, 0) is 36.8 Å². The fourth-order valence-electron chi connectivity index (χ4n) is 1.67. The van der Waals surface area contributed by atoms with Crippen LogP contribution < -0.4 is 5.32 Å². The van der Waals surface area contributed by atoms with Gasteiger partial charge in [0.05, 0.1) is 0 Å². The quantitative estimate of drug-likeness (QED) is 0.861. The molecule has 0 unspecified atom stereocenters. The van der Waals surface area contributed by atoms with Crippen molar-refractivity contribution in [3.8, 4) is 0 Å². The number of halogens is 3. The Morgan fingerprint density at radius 2 is 1.94 bits per heavy atom. The molecular formula is C14H12ClF2N. The molecular weight excluding hydrogens is 256 g/mol. The van der Waals surface area contributed by atoms with Crippen molar-refractivity contribution in [2.75, 3.05) is 5.32 Å². The Morgan fingerprint density at radius 1 is 1.17 bits per heavy atom. The molecule has 0 aromatic heterocycles. The fourth-order valence-corrected chi connectivity index (χ4v) is 1.90. The second-order valence-electron chi connectivity index (χ2n) is 4.01. The number of aryl methyl sites for hydroxylation is 1. The van der Waals surface area contributed by atoms with Crippen molar-refractivity contribution in [2.45, 2.75) is 13.5 Å². The topological polar surface area (TPSA) is 12.0 Å². The van der Waals surface area contributed by atoms with E-state index >= 15 is 0 Å². The largest absolute Gasteiger partial charge is 0.381 e. The lowest BCUT2D eigenvalue weighted by atomic mass is 10.1. The highest BCUT2D eigenvalue weighted by Gasteiger charge is 2.07. The summed E-state index contributed by atoms with van der Waals surface area (Å²) < 4.78 is 26.6. The maximum absolute atomic E-state index is 13.5. The molecule has 2 aromatic carbocycles. The van der Waals surface area contributed by atoms with Gasteiger partial charge >= 0.3 is 0 Å². The summed E-state index contributed by atoms with van der Waals surface area (Å²) in [6.07, 6.45) is 0. The average molecular weight is 268 g/mol. The molecule has 0 heterocycles. The first-order valence-corrected chi connectivity index (χ1v) is 5.88. The summed E-state index contributed by atoms with van der Waals surface area (Å²) in [5.41, 5.74) is 1.90. The first kappa shape index (κ1) is 12.8. The van der Waals surface area contributed by atoms with E-state index in [2.05, 4.69) is 5.32 Å². The lowest BCUT2D eigenvalue weighted by Gasteiger charge is -2.11. The summed E-state index contributed by atoms with van der Waals surface area (Å²) in [5, 5.41) is 3.35. The molecule has 0 radical (unpaired) electrons. The fraction of sp³-hybridized carbons (Fsp3) is 0.143. The molecule has 0 spiro atoms. The zero-order valence-corrected chi connectivity index (χ0v) is 10.6. The first-order chi connectivity index (χ1) is 8.58. The molecule has 0 saturated heterocycles. The summed E-state index contributed by atoms with van der Waals surface area (Å²) >= 11 is 5.91. The normalized spacial score (nSPS) is 10.4. The van der Waals surface area contributed by atoms with Crippen LogP contribution in [0.3, 0.4) is 0 Å².